The fourth-order valence-electron chi connectivity index (χ4n) is 1.22. The molecule has 0 spiro atoms. The van der Waals surface area contributed by atoms with Crippen LogP contribution in [0, 0.1) is 0 Å². The fourth-order valence-corrected chi connectivity index (χ4v) is 1.34. The molecule has 1 heterocycles. The van der Waals surface area contributed by atoms with E-state index in [0.29, 0.717) is 10.7 Å². The summed E-state index contributed by atoms with van der Waals surface area (Å²) in [5, 5.41) is 0.526. The number of cyclic esters (lactones) is 1. The standard InChI is InChI=1S/C10H6ClNO3/c1-6-9(13)12(10(14)15-6)8-4-2-7(11)3-5-8/h2-5H,1H2. The fraction of sp³-hybridized carbons (Fsp3) is 0. The number of rotatable bonds is 1. The van der Waals surface area contributed by atoms with Crippen molar-refractivity contribution in [3.63, 3.8) is 0 Å². The molecule has 0 atom stereocenters. The maximum absolute atomic E-state index is 11.4. The lowest BCUT2D eigenvalue weighted by molar-refractivity contribution is -0.114. The summed E-state index contributed by atoms with van der Waals surface area (Å²) in [5.74, 6) is -0.725. The summed E-state index contributed by atoms with van der Waals surface area (Å²) in [5.41, 5.74) is 0.410. The van der Waals surface area contributed by atoms with Crippen LogP contribution < -0.4 is 4.90 Å². The van der Waals surface area contributed by atoms with Crippen molar-refractivity contribution < 1.29 is 14.3 Å². The third-order valence-corrected chi connectivity index (χ3v) is 2.17. The van der Waals surface area contributed by atoms with Crippen LogP contribution >= 0.6 is 11.6 Å². The van der Waals surface area contributed by atoms with Gasteiger partial charge in [0.05, 0.1) is 5.69 Å². The van der Waals surface area contributed by atoms with E-state index in [1.165, 1.54) is 0 Å². The van der Waals surface area contributed by atoms with Crippen LogP contribution in [0.25, 0.3) is 0 Å². The van der Waals surface area contributed by atoms with Gasteiger partial charge in [-0.3, -0.25) is 4.79 Å². The minimum Gasteiger partial charge on any atom is -0.404 e. The van der Waals surface area contributed by atoms with E-state index in [2.05, 4.69) is 11.3 Å². The Hall–Kier alpha value is -1.81. The maximum Gasteiger partial charge on any atom is 0.427 e. The van der Waals surface area contributed by atoms with Crippen LogP contribution in [0.15, 0.2) is 36.6 Å². The number of ether oxygens (including phenoxy) is 1. The molecule has 0 saturated carbocycles. The van der Waals surface area contributed by atoms with Crippen LogP contribution in [0.2, 0.25) is 5.02 Å². The number of halogens is 1. The molecule has 1 aliphatic rings. The molecule has 5 heteroatoms. The summed E-state index contributed by atoms with van der Waals surface area (Å²) < 4.78 is 4.58. The molecule has 0 aromatic heterocycles. The van der Waals surface area contributed by atoms with Crippen LogP contribution in [0.1, 0.15) is 0 Å². The number of carbonyl (C=O) groups excluding carboxylic acids is 2. The number of amides is 2. The van der Waals surface area contributed by atoms with Crippen LogP contribution in [0.3, 0.4) is 0 Å². The minimum absolute atomic E-state index is 0.171. The van der Waals surface area contributed by atoms with Gasteiger partial charge in [0.25, 0.3) is 0 Å². The van der Waals surface area contributed by atoms with Crippen LogP contribution in [0.4, 0.5) is 10.5 Å². The molecule has 2 amide bonds. The molecule has 15 heavy (non-hydrogen) atoms. The van der Waals surface area contributed by atoms with Gasteiger partial charge in [-0.05, 0) is 30.8 Å². The third-order valence-electron chi connectivity index (χ3n) is 1.92. The Morgan fingerprint density at radius 3 is 2.27 bits per heavy atom. The summed E-state index contributed by atoms with van der Waals surface area (Å²) in [6.45, 7) is 3.32. The van der Waals surface area contributed by atoms with Crippen molar-refractivity contribution in [1.29, 1.82) is 0 Å². The normalized spacial score (nSPS) is 15.8. The number of benzene rings is 1. The molecule has 0 unspecified atom stereocenters. The number of hydrogen-bond acceptors (Lipinski definition) is 3. The molecule has 0 aliphatic carbocycles. The number of nitrogens with zero attached hydrogens (tertiary/aromatic N) is 1. The number of imide groups is 1. The molecule has 1 aromatic carbocycles. The molecule has 1 aliphatic heterocycles. The molecule has 4 nitrogen and oxygen atoms in total. The topological polar surface area (TPSA) is 46.6 Å². The lowest BCUT2D eigenvalue weighted by atomic mass is 10.3. The van der Waals surface area contributed by atoms with Crippen LogP contribution in [-0.2, 0) is 9.53 Å². The summed E-state index contributed by atoms with van der Waals surface area (Å²) >= 11 is 5.68. The van der Waals surface area contributed by atoms with Gasteiger partial charge in [-0.1, -0.05) is 11.6 Å². The molecule has 1 aromatic rings. The van der Waals surface area contributed by atoms with Crippen molar-refractivity contribution in [2.45, 2.75) is 0 Å². The molecule has 1 saturated heterocycles. The highest BCUT2D eigenvalue weighted by molar-refractivity contribution is 6.30. The van der Waals surface area contributed by atoms with E-state index >= 15 is 0 Å². The molecule has 76 valence electrons. The van der Waals surface area contributed by atoms with E-state index in [9.17, 15) is 9.59 Å². The van der Waals surface area contributed by atoms with Gasteiger partial charge >= 0.3 is 12.0 Å². The second-order valence-corrected chi connectivity index (χ2v) is 3.34. The highest BCUT2D eigenvalue weighted by Gasteiger charge is 2.36. The largest absolute Gasteiger partial charge is 0.427 e. The molecule has 0 bridgehead atoms. The Kier molecular flexibility index (Phi) is 2.21. The Bertz CT molecular complexity index is 452. The predicted molar refractivity (Wildman–Crippen MR) is 54.6 cm³/mol. The lowest BCUT2D eigenvalue weighted by Gasteiger charge is -2.09. The van der Waals surface area contributed by atoms with Crippen molar-refractivity contribution >= 4 is 29.3 Å². The second-order valence-electron chi connectivity index (χ2n) is 2.91. The average molecular weight is 224 g/mol. The zero-order valence-corrected chi connectivity index (χ0v) is 8.32. The second kappa shape index (κ2) is 3.40. The van der Waals surface area contributed by atoms with Gasteiger partial charge in [0.15, 0.2) is 5.76 Å². The lowest BCUT2D eigenvalue weighted by Crippen LogP contribution is -2.28. The van der Waals surface area contributed by atoms with E-state index in [-0.39, 0.29) is 5.76 Å². The summed E-state index contributed by atoms with van der Waals surface area (Å²) in [6, 6.07) is 6.28. The smallest absolute Gasteiger partial charge is 0.404 e. The molecule has 0 N–H and O–H groups in total. The summed E-state index contributed by atoms with van der Waals surface area (Å²) in [6.07, 6.45) is -0.743. The van der Waals surface area contributed by atoms with Crippen LogP contribution in [0.5, 0.6) is 0 Å². The Morgan fingerprint density at radius 2 is 1.80 bits per heavy atom. The van der Waals surface area contributed by atoms with E-state index in [4.69, 9.17) is 11.6 Å². The Balaban J connectivity index is 2.39. The van der Waals surface area contributed by atoms with Gasteiger partial charge in [-0.25, -0.2) is 9.69 Å². The quantitative estimate of drug-likeness (QED) is 0.687. The van der Waals surface area contributed by atoms with Crippen molar-refractivity contribution in [1.82, 2.24) is 0 Å². The van der Waals surface area contributed by atoms with Crippen molar-refractivity contribution in [2.75, 3.05) is 4.90 Å². The molecular formula is C10H6ClNO3. The first kappa shape index (κ1) is 9.73. The monoisotopic (exact) mass is 223 g/mol. The van der Waals surface area contributed by atoms with Crippen LogP contribution in [-0.4, -0.2) is 12.0 Å². The summed E-state index contributed by atoms with van der Waals surface area (Å²) in [4.78, 5) is 23.6. The molecular weight excluding hydrogens is 218 g/mol. The Labute approximate surface area is 90.7 Å². The van der Waals surface area contributed by atoms with Gasteiger partial charge in [-0.2, -0.15) is 0 Å². The zero-order chi connectivity index (χ0) is 11.0. The average Bonchev–Trinajstić information content (AvgIpc) is 2.44. The zero-order valence-electron chi connectivity index (χ0n) is 7.57. The van der Waals surface area contributed by atoms with Crippen molar-refractivity contribution in [2.24, 2.45) is 0 Å². The third kappa shape index (κ3) is 1.59. The number of hydrogen-bond donors (Lipinski definition) is 0. The van der Waals surface area contributed by atoms with Crippen molar-refractivity contribution in [3.05, 3.63) is 41.6 Å². The summed E-state index contributed by atoms with van der Waals surface area (Å²) in [7, 11) is 0. The number of carbonyl (C=O) groups is 2. The van der Waals surface area contributed by atoms with Gasteiger partial charge in [0.1, 0.15) is 0 Å². The first-order valence-corrected chi connectivity index (χ1v) is 4.48. The highest BCUT2D eigenvalue weighted by atomic mass is 35.5. The first-order chi connectivity index (χ1) is 7.09. The van der Waals surface area contributed by atoms with Gasteiger partial charge in [0, 0.05) is 5.02 Å². The predicted octanol–water partition coefficient (Wildman–Crippen LogP) is 2.34. The van der Waals surface area contributed by atoms with Gasteiger partial charge in [-0.15, -0.1) is 0 Å². The van der Waals surface area contributed by atoms with E-state index in [1.54, 1.807) is 24.3 Å². The number of anilines is 1. The molecule has 0 radical (unpaired) electrons. The minimum atomic E-state index is -0.743. The SMILES string of the molecule is C=C1OC(=O)N(c2ccc(Cl)cc2)C1=O. The maximum atomic E-state index is 11.4. The molecule has 1 fully saturated rings. The van der Waals surface area contributed by atoms with Gasteiger partial charge < -0.3 is 4.74 Å². The van der Waals surface area contributed by atoms with E-state index in [0.717, 1.165) is 4.90 Å². The molecule has 2 rings (SSSR count). The van der Waals surface area contributed by atoms with E-state index < -0.39 is 12.0 Å². The van der Waals surface area contributed by atoms with Crippen molar-refractivity contribution in [3.8, 4) is 0 Å². The first-order valence-electron chi connectivity index (χ1n) is 4.10. The highest BCUT2D eigenvalue weighted by Crippen LogP contribution is 2.24. The van der Waals surface area contributed by atoms with E-state index in [1.807, 2.05) is 0 Å². The van der Waals surface area contributed by atoms with Gasteiger partial charge in [0.2, 0.25) is 0 Å². The Morgan fingerprint density at radius 1 is 1.20 bits per heavy atom.